The monoisotopic (exact) mass is 268 g/mol. The molecule has 1 unspecified atom stereocenters. The van der Waals surface area contributed by atoms with E-state index in [4.69, 9.17) is 14.2 Å². The van der Waals surface area contributed by atoms with Gasteiger partial charge in [-0.2, -0.15) is 0 Å². The van der Waals surface area contributed by atoms with Gasteiger partial charge < -0.3 is 14.2 Å². The van der Waals surface area contributed by atoms with E-state index in [-0.39, 0.29) is 18.5 Å². The zero-order valence-corrected chi connectivity index (χ0v) is 10.9. The van der Waals surface area contributed by atoms with Crippen LogP contribution in [-0.4, -0.2) is 31.9 Å². The molecule has 1 aromatic rings. The number of halogens is 1. The largest absolute Gasteiger partial charge is 0.422 e. The predicted molar refractivity (Wildman–Crippen MR) is 66.6 cm³/mol. The van der Waals surface area contributed by atoms with Gasteiger partial charge in [0.25, 0.3) is 0 Å². The van der Waals surface area contributed by atoms with Crippen LogP contribution in [0.2, 0.25) is 0 Å². The Labute approximate surface area is 111 Å². The summed E-state index contributed by atoms with van der Waals surface area (Å²) in [5.41, 5.74) is 0.824. The minimum atomic E-state index is -0.609. The topological polar surface area (TPSA) is 44.8 Å². The summed E-state index contributed by atoms with van der Waals surface area (Å²) in [6.45, 7) is 2.70. The van der Waals surface area contributed by atoms with Crippen molar-refractivity contribution in [1.82, 2.24) is 0 Å². The molecule has 0 bridgehead atoms. The van der Waals surface area contributed by atoms with Gasteiger partial charge in [-0.25, -0.2) is 9.18 Å². The second-order valence-corrected chi connectivity index (χ2v) is 4.56. The molecule has 104 valence electrons. The fourth-order valence-corrected chi connectivity index (χ4v) is 1.89. The van der Waals surface area contributed by atoms with Crippen LogP contribution in [0.5, 0.6) is 5.75 Å². The van der Waals surface area contributed by atoms with E-state index >= 15 is 0 Å². The van der Waals surface area contributed by atoms with Gasteiger partial charge in [0.05, 0.1) is 12.7 Å². The van der Waals surface area contributed by atoms with Gasteiger partial charge in [-0.15, -0.1) is 0 Å². The Kier molecular flexibility index (Phi) is 4.87. The van der Waals surface area contributed by atoms with Gasteiger partial charge in [0.2, 0.25) is 0 Å². The average molecular weight is 268 g/mol. The van der Waals surface area contributed by atoms with Crippen molar-refractivity contribution in [2.45, 2.75) is 25.9 Å². The van der Waals surface area contributed by atoms with Crippen molar-refractivity contribution in [3.63, 3.8) is 0 Å². The highest BCUT2D eigenvalue weighted by Crippen LogP contribution is 2.18. The maximum Gasteiger partial charge on any atom is 0.337 e. The minimum Gasteiger partial charge on any atom is -0.422 e. The van der Waals surface area contributed by atoms with Crippen molar-refractivity contribution in [2.24, 2.45) is 0 Å². The van der Waals surface area contributed by atoms with Crippen LogP contribution in [0.3, 0.4) is 0 Å². The van der Waals surface area contributed by atoms with Gasteiger partial charge >= 0.3 is 5.97 Å². The average Bonchev–Trinajstić information content (AvgIpc) is 2.87. The Morgan fingerprint density at radius 1 is 1.53 bits per heavy atom. The van der Waals surface area contributed by atoms with Crippen molar-refractivity contribution >= 4 is 5.97 Å². The number of aryl methyl sites for hydroxylation is 1. The predicted octanol–water partition coefficient (Wildman–Crippen LogP) is 2.24. The van der Waals surface area contributed by atoms with E-state index in [1.165, 1.54) is 12.1 Å². The Morgan fingerprint density at radius 3 is 3.11 bits per heavy atom. The van der Waals surface area contributed by atoms with Crippen LogP contribution in [0.25, 0.3) is 0 Å². The molecule has 4 nitrogen and oxygen atoms in total. The van der Waals surface area contributed by atoms with E-state index in [1.54, 1.807) is 13.0 Å². The van der Waals surface area contributed by atoms with Crippen molar-refractivity contribution in [2.75, 3.05) is 19.8 Å². The molecule has 19 heavy (non-hydrogen) atoms. The van der Waals surface area contributed by atoms with E-state index in [1.807, 2.05) is 0 Å². The first-order chi connectivity index (χ1) is 9.15. The van der Waals surface area contributed by atoms with Crippen LogP contribution in [0, 0.1) is 12.7 Å². The van der Waals surface area contributed by atoms with Gasteiger partial charge in [0.15, 0.2) is 11.6 Å². The second kappa shape index (κ2) is 6.63. The number of rotatable bonds is 5. The highest BCUT2D eigenvalue weighted by atomic mass is 19.1. The molecule has 1 fully saturated rings. The lowest BCUT2D eigenvalue weighted by atomic mass is 10.2. The van der Waals surface area contributed by atoms with Gasteiger partial charge in [-0.3, -0.25) is 0 Å². The third kappa shape index (κ3) is 4.29. The number of ether oxygens (including phenoxy) is 3. The summed E-state index contributed by atoms with van der Waals surface area (Å²) in [6, 6.07) is 4.36. The van der Waals surface area contributed by atoms with Crippen molar-refractivity contribution < 1.29 is 23.4 Å². The Bertz CT molecular complexity index is 441. The zero-order chi connectivity index (χ0) is 13.7. The van der Waals surface area contributed by atoms with Crippen LogP contribution in [0.4, 0.5) is 4.39 Å². The fraction of sp³-hybridized carbons (Fsp3) is 0.500. The van der Waals surface area contributed by atoms with Crippen molar-refractivity contribution in [3.05, 3.63) is 29.6 Å². The first kappa shape index (κ1) is 14.0. The highest BCUT2D eigenvalue weighted by molar-refractivity contribution is 5.73. The van der Waals surface area contributed by atoms with Crippen LogP contribution >= 0.6 is 0 Å². The van der Waals surface area contributed by atoms with E-state index in [2.05, 4.69) is 0 Å². The summed E-state index contributed by atoms with van der Waals surface area (Å²) in [7, 11) is 0. The molecule has 0 amide bonds. The number of carbonyl (C=O) groups excluding carboxylic acids is 1. The van der Waals surface area contributed by atoms with E-state index < -0.39 is 11.8 Å². The molecule has 0 aliphatic carbocycles. The lowest BCUT2D eigenvalue weighted by Crippen LogP contribution is -2.21. The Hall–Kier alpha value is -1.46. The summed E-state index contributed by atoms with van der Waals surface area (Å²) in [5, 5.41) is 0. The molecule has 1 heterocycles. The minimum absolute atomic E-state index is 0.0588. The molecular weight excluding hydrogens is 251 g/mol. The van der Waals surface area contributed by atoms with Crippen molar-refractivity contribution in [1.29, 1.82) is 0 Å². The standard InChI is InChI=1S/C14H17FO4/c1-10-4-5-12(15)13(7-10)19-14(16)9-17-8-11-3-2-6-18-11/h4-5,7,11H,2-3,6,8-9H2,1H3. The summed E-state index contributed by atoms with van der Waals surface area (Å²) in [6.07, 6.45) is 2.03. The van der Waals surface area contributed by atoms with Gasteiger partial charge in [-0.1, -0.05) is 6.07 Å². The van der Waals surface area contributed by atoms with Gasteiger partial charge in [0, 0.05) is 6.61 Å². The zero-order valence-electron chi connectivity index (χ0n) is 10.9. The Morgan fingerprint density at radius 2 is 2.37 bits per heavy atom. The van der Waals surface area contributed by atoms with Gasteiger partial charge in [-0.05, 0) is 37.5 Å². The molecule has 2 rings (SSSR count). The molecule has 0 radical (unpaired) electrons. The number of carbonyl (C=O) groups is 1. The van der Waals surface area contributed by atoms with Crippen LogP contribution in [-0.2, 0) is 14.3 Å². The smallest absolute Gasteiger partial charge is 0.337 e. The first-order valence-electron chi connectivity index (χ1n) is 6.31. The number of benzene rings is 1. The molecule has 0 N–H and O–H groups in total. The first-order valence-corrected chi connectivity index (χ1v) is 6.31. The molecule has 0 saturated carbocycles. The normalized spacial score (nSPS) is 18.5. The van der Waals surface area contributed by atoms with Crippen molar-refractivity contribution in [3.8, 4) is 5.75 Å². The molecule has 0 aromatic heterocycles. The lowest BCUT2D eigenvalue weighted by Gasteiger charge is -2.10. The molecule has 1 saturated heterocycles. The van der Waals surface area contributed by atoms with Crippen LogP contribution < -0.4 is 4.74 Å². The lowest BCUT2D eigenvalue weighted by molar-refractivity contribution is -0.140. The molecule has 0 spiro atoms. The molecular formula is C14H17FO4. The maximum atomic E-state index is 13.4. The third-order valence-electron chi connectivity index (χ3n) is 2.86. The van der Waals surface area contributed by atoms with E-state index in [9.17, 15) is 9.18 Å². The third-order valence-corrected chi connectivity index (χ3v) is 2.86. The Balaban J connectivity index is 1.75. The molecule has 1 aromatic carbocycles. The van der Waals surface area contributed by atoms with Crippen LogP contribution in [0.15, 0.2) is 18.2 Å². The summed E-state index contributed by atoms with van der Waals surface area (Å²) >= 11 is 0. The molecule has 1 aliphatic heterocycles. The number of esters is 1. The van der Waals surface area contributed by atoms with Gasteiger partial charge in [0.1, 0.15) is 6.61 Å². The maximum absolute atomic E-state index is 13.4. The number of hydrogen-bond acceptors (Lipinski definition) is 4. The quantitative estimate of drug-likeness (QED) is 0.607. The van der Waals surface area contributed by atoms with E-state index in [0.29, 0.717) is 6.61 Å². The highest BCUT2D eigenvalue weighted by Gasteiger charge is 2.16. The fourth-order valence-electron chi connectivity index (χ4n) is 1.89. The molecule has 1 atom stereocenters. The SMILES string of the molecule is Cc1ccc(F)c(OC(=O)COCC2CCCO2)c1. The second-order valence-electron chi connectivity index (χ2n) is 4.56. The van der Waals surface area contributed by atoms with Crippen LogP contribution in [0.1, 0.15) is 18.4 Å². The summed E-state index contributed by atoms with van der Waals surface area (Å²) in [4.78, 5) is 11.5. The molecule has 1 aliphatic rings. The molecule has 5 heteroatoms. The summed E-state index contributed by atoms with van der Waals surface area (Å²) in [5.74, 6) is -1.23. The number of hydrogen-bond donors (Lipinski definition) is 0. The van der Waals surface area contributed by atoms with E-state index in [0.717, 1.165) is 25.0 Å². The summed E-state index contributed by atoms with van der Waals surface area (Å²) < 4.78 is 28.8.